The highest BCUT2D eigenvalue weighted by molar-refractivity contribution is 5.44. The lowest BCUT2D eigenvalue weighted by molar-refractivity contribution is 0.171. The van der Waals surface area contributed by atoms with Gasteiger partial charge in [-0.25, -0.2) is 0 Å². The Morgan fingerprint density at radius 3 is 2.96 bits per heavy atom. The predicted octanol–water partition coefficient (Wildman–Crippen LogP) is 2.01. The largest absolute Gasteiger partial charge is 0.486 e. The molecule has 3 heterocycles. The zero-order valence-corrected chi connectivity index (χ0v) is 13.6. The first-order valence-electron chi connectivity index (χ1n) is 8.54. The van der Waals surface area contributed by atoms with Gasteiger partial charge in [0, 0.05) is 31.9 Å². The van der Waals surface area contributed by atoms with Crippen LogP contribution in [0.4, 0.5) is 5.82 Å². The van der Waals surface area contributed by atoms with Crippen LogP contribution >= 0.6 is 0 Å². The van der Waals surface area contributed by atoms with Crippen molar-refractivity contribution >= 4 is 5.82 Å². The van der Waals surface area contributed by atoms with E-state index >= 15 is 0 Å². The first kappa shape index (κ1) is 15.2. The Kier molecular flexibility index (Phi) is 4.46. The van der Waals surface area contributed by atoms with Gasteiger partial charge in [-0.2, -0.15) is 5.10 Å². The fraction of sp³-hybridized carbons (Fsp3) is 0.444. The average molecular weight is 326 g/mol. The van der Waals surface area contributed by atoms with Gasteiger partial charge >= 0.3 is 0 Å². The van der Waals surface area contributed by atoms with Crippen LogP contribution in [0.5, 0.6) is 11.5 Å². The summed E-state index contributed by atoms with van der Waals surface area (Å²) in [5.74, 6) is 2.67. The monoisotopic (exact) mass is 326 g/mol. The molecular weight excluding hydrogens is 304 g/mol. The highest BCUT2D eigenvalue weighted by Gasteiger charge is 2.25. The maximum absolute atomic E-state index is 5.64. The van der Waals surface area contributed by atoms with Gasteiger partial charge in [-0.05, 0) is 42.7 Å². The van der Waals surface area contributed by atoms with Crippen LogP contribution < -0.4 is 19.7 Å². The summed E-state index contributed by atoms with van der Waals surface area (Å²) in [5, 5.41) is 11.8. The van der Waals surface area contributed by atoms with Crippen LogP contribution in [0.2, 0.25) is 0 Å². The molecule has 0 bridgehead atoms. The summed E-state index contributed by atoms with van der Waals surface area (Å²) in [6.45, 7) is 4.06. The average Bonchev–Trinajstić information content (AvgIpc) is 3.11. The van der Waals surface area contributed by atoms with Crippen molar-refractivity contribution in [2.45, 2.75) is 25.4 Å². The summed E-state index contributed by atoms with van der Waals surface area (Å²) in [6, 6.07) is 10.6. The molecule has 1 fully saturated rings. The molecule has 2 aliphatic heterocycles. The molecule has 0 saturated carbocycles. The number of ether oxygens (including phenoxy) is 2. The lowest BCUT2D eigenvalue weighted by atomic mass is 10.1. The summed E-state index contributed by atoms with van der Waals surface area (Å²) >= 11 is 0. The molecular formula is C18H22N4O2. The third-order valence-electron chi connectivity index (χ3n) is 4.55. The van der Waals surface area contributed by atoms with Crippen LogP contribution in [-0.2, 0) is 6.54 Å². The van der Waals surface area contributed by atoms with Crippen LogP contribution in [0, 0.1) is 0 Å². The van der Waals surface area contributed by atoms with Crippen molar-refractivity contribution in [3.8, 4) is 11.5 Å². The van der Waals surface area contributed by atoms with Gasteiger partial charge < -0.3 is 19.7 Å². The number of benzene rings is 1. The Hall–Kier alpha value is -2.34. The summed E-state index contributed by atoms with van der Waals surface area (Å²) in [7, 11) is 0. The molecule has 2 aromatic rings. The minimum Gasteiger partial charge on any atom is -0.486 e. The van der Waals surface area contributed by atoms with Gasteiger partial charge in [0.2, 0.25) is 0 Å². The van der Waals surface area contributed by atoms with E-state index in [1.165, 1.54) is 18.4 Å². The maximum atomic E-state index is 5.64. The summed E-state index contributed by atoms with van der Waals surface area (Å²) in [5.41, 5.74) is 1.21. The van der Waals surface area contributed by atoms with E-state index in [0.717, 1.165) is 37.0 Å². The van der Waals surface area contributed by atoms with Gasteiger partial charge in [0.1, 0.15) is 13.2 Å². The lowest BCUT2D eigenvalue weighted by Crippen LogP contribution is -2.38. The molecule has 126 valence electrons. The smallest absolute Gasteiger partial charge is 0.161 e. The Morgan fingerprint density at radius 2 is 2.08 bits per heavy atom. The molecule has 24 heavy (non-hydrogen) atoms. The third kappa shape index (κ3) is 3.28. The molecule has 1 N–H and O–H groups in total. The summed E-state index contributed by atoms with van der Waals surface area (Å²) in [4.78, 5) is 2.35. The maximum Gasteiger partial charge on any atom is 0.161 e. The predicted molar refractivity (Wildman–Crippen MR) is 91.5 cm³/mol. The van der Waals surface area contributed by atoms with Crippen LogP contribution in [0.25, 0.3) is 0 Å². The molecule has 4 rings (SSSR count). The second-order valence-electron chi connectivity index (χ2n) is 6.18. The number of hydrogen-bond donors (Lipinski definition) is 1. The van der Waals surface area contributed by atoms with E-state index in [2.05, 4.69) is 32.5 Å². The van der Waals surface area contributed by atoms with E-state index in [9.17, 15) is 0 Å². The zero-order valence-electron chi connectivity index (χ0n) is 13.6. The summed E-state index contributed by atoms with van der Waals surface area (Å²) in [6.07, 6.45) is 4.10. The third-order valence-corrected chi connectivity index (χ3v) is 4.55. The van der Waals surface area contributed by atoms with Crippen LogP contribution in [0.3, 0.4) is 0 Å². The molecule has 0 spiro atoms. The number of nitrogens with one attached hydrogen (secondary N) is 1. The zero-order chi connectivity index (χ0) is 16.2. The van der Waals surface area contributed by atoms with Crippen LogP contribution in [-0.4, -0.2) is 42.5 Å². The first-order valence-corrected chi connectivity index (χ1v) is 8.54. The topological polar surface area (TPSA) is 59.5 Å². The van der Waals surface area contributed by atoms with Crippen molar-refractivity contribution < 1.29 is 9.47 Å². The molecule has 6 heteroatoms. The van der Waals surface area contributed by atoms with Crippen LogP contribution in [0.1, 0.15) is 18.4 Å². The van der Waals surface area contributed by atoms with Crippen LogP contribution in [0.15, 0.2) is 36.5 Å². The molecule has 1 aromatic heterocycles. The van der Waals surface area contributed by atoms with E-state index in [1.807, 2.05) is 18.2 Å². The number of anilines is 1. The minimum atomic E-state index is 0.471. The standard InChI is InChI=1S/C18H22N4O2/c1-4-18(21-20-7-1)22-8-2-3-15(22)13-19-12-14-5-6-16-17(11-14)24-10-9-23-16/h1,4-7,11,15,19H,2-3,8-10,12-13H2/t15-/m1/s1. The van der Waals surface area contributed by atoms with Gasteiger partial charge in [0.25, 0.3) is 0 Å². The Morgan fingerprint density at radius 1 is 1.17 bits per heavy atom. The van der Waals surface area contributed by atoms with Crippen molar-refractivity contribution in [2.24, 2.45) is 0 Å². The molecule has 6 nitrogen and oxygen atoms in total. The van der Waals surface area contributed by atoms with Gasteiger partial charge in [-0.15, -0.1) is 5.10 Å². The second-order valence-corrected chi connectivity index (χ2v) is 6.18. The number of hydrogen-bond acceptors (Lipinski definition) is 6. The molecule has 0 radical (unpaired) electrons. The number of rotatable bonds is 5. The highest BCUT2D eigenvalue weighted by atomic mass is 16.6. The molecule has 1 saturated heterocycles. The van der Waals surface area contributed by atoms with Crippen molar-refractivity contribution in [3.63, 3.8) is 0 Å². The molecule has 0 amide bonds. The molecule has 0 aliphatic carbocycles. The quantitative estimate of drug-likeness (QED) is 0.907. The summed E-state index contributed by atoms with van der Waals surface area (Å²) < 4.78 is 11.2. The number of nitrogens with zero attached hydrogens (tertiary/aromatic N) is 3. The Labute approximate surface area is 141 Å². The van der Waals surface area contributed by atoms with Gasteiger partial charge in [-0.1, -0.05) is 6.07 Å². The van der Waals surface area contributed by atoms with E-state index in [4.69, 9.17) is 9.47 Å². The van der Waals surface area contributed by atoms with E-state index in [1.54, 1.807) is 6.20 Å². The Bertz CT molecular complexity index is 680. The lowest BCUT2D eigenvalue weighted by Gasteiger charge is -2.25. The SMILES string of the molecule is c1cnnc(N2CCC[C@@H]2CNCc2ccc3c(c2)OCCO3)c1. The van der Waals surface area contributed by atoms with E-state index in [0.29, 0.717) is 19.3 Å². The van der Waals surface area contributed by atoms with Gasteiger partial charge in [0.05, 0.1) is 0 Å². The van der Waals surface area contributed by atoms with Crippen molar-refractivity contribution in [1.29, 1.82) is 0 Å². The molecule has 1 atom stereocenters. The van der Waals surface area contributed by atoms with Crippen molar-refractivity contribution in [3.05, 3.63) is 42.1 Å². The molecule has 0 unspecified atom stereocenters. The minimum absolute atomic E-state index is 0.471. The molecule has 1 aromatic carbocycles. The normalized spacial score (nSPS) is 19.5. The highest BCUT2D eigenvalue weighted by Crippen LogP contribution is 2.30. The number of aromatic nitrogens is 2. The number of fused-ring (bicyclic) bond motifs is 1. The van der Waals surface area contributed by atoms with Gasteiger partial charge in [-0.3, -0.25) is 0 Å². The second kappa shape index (κ2) is 7.05. The first-order chi connectivity index (χ1) is 11.9. The van der Waals surface area contributed by atoms with Crippen molar-refractivity contribution in [2.75, 3.05) is 31.2 Å². The van der Waals surface area contributed by atoms with E-state index in [-0.39, 0.29) is 0 Å². The molecule has 2 aliphatic rings. The Balaban J connectivity index is 1.34. The fourth-order valence-corrected chi connectivity index (χ4v) is 3.38. The van der Waals surface area contributed by atoms with Gasteiger partial charge in [0.15, 0.2) is 17.3 Å². The fourth-order valence-electron chi connectivity index (χ4n) is 3.38. The van der Waals surface area contributed by atoms with Crippen molar-refractivity contribution in [1.82, 2.24) is 15.5 Å². The van der Waals surface area contributed by atoms with E-state index < -0.39 is 0 Å².